The SMILES string of the molecule is OC1(C2CCCCC2)CCN2CCCCC21. The summed E-state index contributed by atoms with van der Waals surface area (Å²) in [6.07, 6.45) is 11.6. The second-order valence-corrected chi connectivity index (χ2v) is 6.12. The highest BCUT2D eigenvalue weighted by molar-refractivity contribution is 5.05. The van der Waals surface area contributed by atoms with Gasteiger partial charge in [0.2, 0.25) is 0 Å². The summed E-state index contributed by atoms with van der Waals surface area (Å²) in [5.74, 6) is 0.606. The molecule has 2 heterocycles. The average Bonchev–Trinajstić information content (AvgIpc) is 2.71. The molecule has 3 rings (SSSR count). The highest BCUT2D eigenvalue weighted by Gasteiger charge is 2.50. The number of rotatable bonds is 1. The molecule has 1 saturated carbocycles. The van der Waals surface area contributed by atoms with Crippen molar-refractivity contribution in [1.82, 2.24) is 4.90 Å². The molecular formula is C14H25NO. The van der Waals surface area contributed by atoms with E-state index in [2.05, 4.69) is 4.90 Å². The molecule has 0 radical (unpaired) electrons. The van der Waals surface area contributed by atoms with E-state index >= 15 is 0 Å². The first-order chi connectivity index (χ1) is 7.81. The largest absolute Gasteiger partial charge is 0.388 e. The van der Waals surface area contributed by atoms with Crippen molar-refractivity contribution in [2.45, 2.75) is 69.4 Å². The van der Waals surface area contributed by atoms with Gasteiger partial charge in [-0.1, -0.05) is 25.7 Å². The van der Waals surface area contributed by atoms with Crippen molar-refractivity contribution in [3.05, 3.63) is 0 Å². The Kier molecular flexibility index (Phi) is 2.97. The Morgan fingerprint density at radius 3 is 2.44 bits per heavy atom. The maximum absolute atomic E-state index is 11.1. The van der Waals surface area contributed by atoms with Crippen molar-refractivity contribution in [2.75, 3.05) is 13.1 Å². The van der Waals surface area contributed by atoms with E-state index in [1.807, 2.05) is 0 Å². The minimum Gasteiger partial charge on any atom is -0.388 e. The van der Waals surface area contributed by atoms with Gasteiger partial charge in [-0.05, 0) is 44.6 Å². The molecule has 92 valence electrons. The molecule has 0 aromatic heterocycles. The van der Waals surface area contributed by atoms with Crippen molar-refractivity contribution in [1.29, 1.82) is 0 Å². The van der Waals surface area contributed by atoms with Crippen LogP contribution in [0.4, 0.5) is 0 Å². The molecule has 2 nitrogen and oxygen atoms in total. The standard InChI is InChI=1S/C14H25NO/c16-14(12-6-2-1-3-7-12)9-11-15-10-5-4-8-13(14)15/h12-13,16H,1-11H2. The molecule has 2 saturated heterocycles. The Hall–Kier alpha value is -0.0800. The van der Waals surface area contributed by atoms with Crippen LogP contribution >= 0.6 is 0 Å². The lowest BCUT2D eigenvalue weighted by molar-refractivity contribution is -0.0672. The van der Waals surface area contributed by atoms with Crippen LogP contribution in [0.3, 0.4) is 0 Å². The first-order valence-electron chi connectivity index (χ1n) is 7.27. The Labute approximate surface area is 99.0 Å². The van der Waals surface area contributed by atoms with E-state index in [-0.39, 0.29) is 5.60 Å². The Balaban J connectivity index is 1.75. The lowest BCUT2D eigenvalue weighted by Gasteiger charge is -2.43. The fraction of sp³-hybridized carbons (Fsp3) is 1.00. The Morgan fingerprint density at radius 2 is 1.62 bits per heavy atom. The Bertz CT molecular complexity index is 249. The van der Waals surface area contributed by atoms with E-state index < -0.39 is 0 Å². The number of fused-ring (bicyclic) bond motifs is 1. The summed E-state index contributed by atoms with van der Waals surface area (Å²) in [5.41, 5.74) is -0.319. The minimum atomic E-state index is -0.319. The molecule has 0 aromatic rings. The zero-order valence-corrected chi connectivity index (χ0v) is 10.3. The summed E-state index contributed by atoms with van der Waals surface area (Å²) in [7, 11) is 0. The molecule has 1 aliphatic carbocycles. The lowest BCUT2D eigenvalue weighted by Crippen LogP contribution is -2.51. The van der Waals surface area contributed by atoms with Crippen molar-refractivity contribution in [2.24, 2.45) is 5.92 Å². The monoisotopic (exact) mass is 223 g/mol. The van der Waals surface area contributed by atoms with Crippen molar-refractivity contribution in [3.63, 3.8) is 0 Å². The van der Waals surface area contributed by atoms with Crippen LogP contribution < -0.4 is 0 Å². The molecule has 0 aromatic carbocycles. The average molecular weight is 223 g/mol. The number of aliphatic hydroxyl groups is 1. The van der Waals surface area contributed by atoms with E-state index in [9.17, 15) is 5.11 Å². The third-order valence-electron chi connectivity index (χ3n) is 5.30. The number of nitrogens with zero attached hydrogens (tertiary/aromatic N) is 1. The zero-order chi connectivity index (χ0) is 11.0. The number of hydrogen-bond donors (Lipinski definition) is 1. The molecule has 0 amide bonds. The fourth-order valence-corrected chi connectivity index (χ4v) is 4.39. The number of piperidine rings is 1. The highest BCUT2D eigenvalue weighted by Crippen LogP contribution is 2.44. The van der Waals surface area contributed by atoms with Crippen LogP contribution in [-0.2, 0) is 0 Å². The van der Waals surface area contributed by atoms with Crippen LogP contribution in [-0.4, -0.2) is 34.7 Å². The van der Waals surface area contributed by atoms with Gasteiger partial charge in [0, 0.05) is 12.6 Å². The van der Waals surface area contributed by atoms with Gasteiger partial charge in [-0.3, -0.25) is 4.90 Å². The lowest BCUT2D eigenvalue weighted by atomic mass is 9.72. The van der Waals surface area contributed by atoms with E-state index in [0.717, 1.165) is 13.0 Å². The molecule has 0 spiro atoms. The molecule has 2 heteroatoms. The van der Waals surface area contributed by atoms with Gasteiger partial charge < -0.3 is 5.11 Å². The van der Waals surface area contributed by atoms with Crippen LogP contribution in [0.2, 0.25) is 0 Å². The maximum atomic E-state index is 11.1. The fourth-order valence-electron chi connectivity index (χ4n) is 4.39. The van der Waals surface area contributed by atoms with E-state index in [1.54, 1.807) is 0 Å². The second-order valence-electron chi connectivity index (χ2n) is 6.12. The van der Waals surface area contributed by atoms with Gasteiger partial charge in [-0.2, -0.15) is 0 Å². The number of hydrogen-bond acceptors (Lipinski definition) is 2. The summed E-state index contributed by atoms with van der Waals surface area (Å²) in [4.78, 5) is 2.57. The van der Waals surface area contributed by atoms with Gasteiger partial charge in [-0.15, -0.1) is 0 Å². The normalized spacial score (nSPS) is 42.2. The summed E-state index contributed by atoms with van der Waals surface area (Å²) in [6.45, 7) is 2.39. The minimum absolute atomic E-state index is 0.319. The predicted molar refractivity (Wildman–Crippen MR) is 65.4 cm³/mol. The molecule has 16 heavy (non-hydrogen) atoms. The molecule has 2 aliphatic heterocycles. The third kappa shape index (κ3) is 1.70. The topological polar surface area (TPSA) is 23.5 Å². The molecule has 3 aliphatic rings. The highest BCUT2D eigenvalue weighted by atomic mass is 16.3. The summed E-state index contributed by atoms with van der Waals surface area (Å²) in [6, 6.07) is 0.504. The molecule has 2 unspecified atom stereocenters. The van der Waals surface area contributed by atoms with Crippen LogP contribution in [0.15, 0.2) is 0 Å². The maximum Gasteiger partial charge on any atom is 0.0842 e. The van der Waals surface area contributed by atoms with Gasteiger partial charge in [0.15, 0.2) is 0 Å². The van der Waals surface area contributed by atoms with Gasteiger partial charge in [0.25, 0.3) is 0 Å². The van der Waals surface area contributed by atoms with Gasteiger partial charge in [0.1, 0.15) is 0 Å². The van der Waals surface area contributed by atoms with Gasteiger partial charge in [-0.25, -0.2) is 0 Å². The predicted octanol–water partition coefficient (Wildman–Crippen LogP) is 2.56. The molecule has 0 bridgehead atoms. The first kappa shape index (κ1) is 11.0. The van der Waals surface area contributed by atoms with Crippen LogP contribution in [0.25, 0.3) is 0 Å². The van der Waals surface area contributed by atoms with Crippen molar-refractivity contribution >= 4 is 0 Å². The smallest absolute Gasteiger partial charge is 0.0842 e. The van der Waals surface area contributed by atoms with Crippen LogP contribution in [0, 0.1) is 5.92 Å². The van der Waals surface area contributed by atoms with Gasteiger partial charge in [0.05, 0.1) is 5.60 Å². The van der Waals surface area contributed by atoms with E-state index in [4.69, 9.17) is 0 Å². The van der Waals surface area contributed by atoms with Crippen molar-refractivity contribution < 1.29 is 5.11 Å². The molecular weight excluding hydrogens is 198 g/mol. The summed E-state index contributed by atoms with van der Waals surface area (Å²) >= 11 is 0. The summed E-state index contributed by atoms with van der Waals surface area (Å²) < 4.78 is 0. The first-order valence-corrected chi connectivity index (χ1v) is 7.27. The summed E-state index contributed by atoms with van der Waals surface area (Å²) in [5, 5.41) is 11.1. The molecule has 1 N–H and O–H groups in total. The molecule has 3 fully saturated rings. The second kappa shape index (κ2) is 4.30. The quantitative estimate of drug-likeness (QED) is 0.738. The van der Waals surface area contributed by atoms with Crippen molar-refractivity contribution in [3.8, 4) is 0 Å². The third-order valence-corrected chi connectivity index (χ3v) is 5.30. The zero-order valence-electron chi connectivity index (χ0n) is 10.3. The van der Waals surface area contributed by atoms with Crippen LogP contribution in [0.5, 0.6) is 0 Å². The van der Waals surface area contributed by atoms with E-state index in [1.165, 1.54) is 57.9 Å². The van der Waals surface area contributed by atoms with Crippen LogP contribution in [0.1, 0.15) is 57.8 Å². The van der Waals surface area contributed by atoms with E-state index in [0.29, 0.717) is 12.0 Å². The molecule has 2 atom stereocenters. The Morgan fingerprint density at radius 1 is 0.875 bits per heavy atom. The van der Waals surface area contributed by atoms with Gasteiger partial charge >= 0.3 is 0 Å².